The molecule has 130 valence electrons. The molecule has 6 heteroatoms. The first-order valence-corrected chi connectivity index (χ1v) is 8.31. The number of carbonyl (C=O) groups is 1. The largest absolute Gasteiger partial charge is 0.508 e. The van der Waals surface area contributed by atoms with Crippen molar-refractivity contribution in [1.29, 1.82) is 0 Å². The number of hydrogen-bond acceptors (Lipinski definition) is 4. The molecule has 0 bridgehead atoms. The lowest BCUT2D eigenvalue weighted by Gasteiger charge is -2.18. The fraction of sp³-hybridized carbons (Fsp3) is 0.150. The second-order valence-corrected chi connectivity index (χ2v) is 6.31. The van der Waals surface area contributed by atoms with Crippen LogP contribution in [0, 0.1) is 0 Å². The molecule has 2 heterocycles. The van der Waals surface area contributed by atoms with Gasteiger partial charge >= 0.3 is 5.97 Å². The van der Waals surface area contributed by atoms with Gasteiger partial charge in [-0.15, -0.1) is 0 Å². The number of nitrogens with zero attached hydrogens (tertiary/aromatic N) is 2. The molecule has 1 aliphatic rings. The summed E-state index contributed by atoms with van der Waals surface area (Å²) >= 11 is 0. The van der Waals surface area contributed by atoms with Gasteiger partial charge in [-0.25, -0.2) is 9.78 Å². The Morgan fingerprint density at radius 1 is 1.12 bits per heavy atom. The molecule has 1 aromatic carbocycles. The van der Waals surface area contributed by atoms with Crippen LogP contribution in [0.3, 0.4) is 0 Å². The summed E-state index contributed by atoms with van der Waals surface area (Å²) in [5, 5.41) is 18.6. The van der Waals surface area contributed by atoms with E-state index in [4.69, 9.17) is 5.11 Å². The van der Waals surface area contributed by atoms with Gasteiger partial charge < -0.3 is 10.2 Å². The van der Waals surface area contributed by atoms with Crippen molar-refractivity contribution in [2.45, 2.75) is 19.3 Å². The highest BCUT2D eigenvalue weighted by molar-refractivity contribution is 5.88. The molecule has 0 radical (unpaired) electrons. The molecular weight excluding hydrogens is 332 g/mol. The highest BCUT2D eigenvalue weighted by Gasteiger charge is 2.21. The van der Waals surface area contributed by atoms with Gasteiger partial charge in [-0.3, -0.25) is 9.20 Å². The van der Waals surface area contributed by atoms with Gasteiger partial charge in [0.15, 0.2) is 0 Å². The maximum atomic E-state index is 12.9. The topological polar surface area (TPSA) is 91.9 Å². The van der Waals surface area contributed by atoms with Crippen molar-refractivity contribution in [2.24, 2.45) is 0 Å². The van der Waals surface area contributed by atoms with E-state index in [0.29, 0.717) is 23.3 Å². The van der Waals surface area contributed by atoms with Gasteiger partial charge in [0, 0.05) is 11.8 Å². The fourth-order valence-electron chi connectivity index (χ4n) is 3.28. The van der Waals surface area contributed by atoms with Crippen LogP contribution in [0.4, 0.5) is 0 Å². The summed E-state index contributed by atoms with van der Waals surface area (Å²) in [6, 6.07) is 9.85. The Morgan fingerprint density at radius 2 is 1.88 bits per heavy atom. The number of pyridine rings is 1. The van der Waals surface area contributed by atoms with Crippen LogP contribution in [-0.4, -0.2) is 25.6 Å². The molecule has 3 aromatic rings. The molecule has 2 aromatic heterocycles. The average molecular weight is 348 g/mol. The fourth-order valence-corrected chi connectivity index (χ4v) is 3.28. The normalized spacial score (nSPS) is 15.2. The Hall–Kier alpha value is -3.41. The van der Waals surface area contributed by atoms with Crippen LogP contribution in [-0.2, 0) is 6.42 Å². The number of aromatic nitrogens is 2. The lowest BCUT2D eigenvalue weighted by atomic mass is 9.91. The van der Waals surface area contributed by atoms with Crippen molar-refractivity contribution in [3.8, 4) is 5.75 Å². The van der Waals surface area contributed by atoms with Crippen molar-refractivity contribution >= 4 is 23.3 Å². The van der Waals surface area contributed by atoms with E-state index in [1.807, 2.05) is 18.2 Å². The van der Waals surface area contributed by atoms with E-state index in [-0.39, 0.29) is 16.9 Å². The summed E-state index contributed by atoms with van der Waals surface area (Å²) in [6.07, 6.45) is 5.56. The van der Waals surface area contributed by atoms with Crippen molar-refractivity contribution in [1.82, 2.24) is 9.38 Å². The smallest absolute Gasteiger partial charge is 0.337 e. The second-order valence-electron chi connectivity index (χ2n) is 6.31. The lowest BCUT2D eigenvalue weighted by molar-refractivity contribution is 0.0696. The van der Waals surface area contributed by atoms with Crippen LogP contribution in [0.25, 0.3) is 17.3 Å². The number of aromatic carboxylic acids is 1. The van der Waals surface area contributed by atoms with Gasteiger partial charge in [-0.2, -0.15) is 0 Å². The number of phenols is 1. The molecule has 4 rings (SSSR count). The summed E-state index contributed by atoms with van der Waals surface area (Å²) in [6.45, 7) is 0. The van der Waals surface area contributed by atoms with Gasteiger partial charge in [-0.1, -0.05) is 12.1 Å². The average Bonchev–Trinajstić information content (AvgIpc) is 2.64. The third kappa shape index (κ3) is 2.75. The summed E-state index contributed by atoms with van der Waals surface area (Å²) in [7, 11) is 0. The molecule has 0 spiro atoms. The standard InChI is InChI=1S/C20H16N2O4/c23-15-7-4-12(5-8-15)10-13-2-1-3-16-18(13)21-17-9-6-14(20(25)26)11-22(17)19(16)24/h4-11,23H,1-3H2,(H,25,26). The number of fused-ring (bicyclic) bond motifs is 2. The van der Waals surface area contributed by atoms with Gasteiger partial charge in [0.05, 0.1) is 11.3 Å². The second kappa shape index (κ2) is 6.15. The maximum Gasteiger partial charge on any atom is 0.337 e. The Labute approximate surface area is 148 Å². The molecule has 1 aliphatic carbocycles. The third-order valence-electron chi connectivity index (χ3n) is 4.57. The Bertz CT molecular complexity index is 1110. The molecular formula is C20H16N2O4. The summed E-state index contributed by atoms with van der Waals surface area (Å²) in [5.41, 5.74) is 3.45. The molecule has 26 heavy (non-hydrogen) atoms. The van der Waals surface area contributed by atoms with Crippen LogP contribution in [0.15, 0.2) is 47.4 Å². The van der Waals surface area contributed by atoms with E-state index in [0.717, 1.165) is 24.0 Å². The maximum absolute atomic E-state index is 12.9. The Balaban J connectivity index is 1.89. The van der Waals surface area contributed by atoms with E-state index in [1.165, 1.54) is 16.7 Å². The van der Waals surface area contributed by atoms with Crippen molar-refractivity contribution < 1.29 is 15.0 Å². The zero-order valence-corrected chi connectivity index (χ0v) is 13.8. The van der Waals surface area contributed by atoms with E-state index in [1.54, 1.807) is 18.2 Å². The minimum atomic E-state index is -1.08. The quantitative estimate of drug-likeness (QED) is 0.743. The Morgan fingerprint density at radius 3 is 2.62 bits per heavy atom. The molecule has 0 unspecified atom stereocenters. The van der Waals surface area contributed by atoms with Crippen molar-refractivity contribution in [3.05, 3.63) is 75.3 Å². The minimum Gasteiger partial charge on any atom is -0.508 e. The SMILES string of the molecule is O=C(O)c1ccc2nc3c(c(=O)n2c1)CCCC3=Cc1ccc(O)cc1. The monoisotopic (exact) mass is 348 g/mol. The molecule has 0 aliphatic heterocycles. The first kappa shape index (κ1) is 16.1. The van der Waals surface area contributed by atoms with Crippen LogP contribution in [0.2, 0.25) is 0 Å². The molecule has 6 nitrogen and oxygen atoms in total. The summed E-state index contributed by atoms with van der Waals surface area (Å²) in [5.74, 6) is -0.878. The number of benzene rings is 1. The van der Waals surface area contributed by atoms with E-state index in [9.17, 15) is 14.7 Å². The lowest BCUT2D eigenvalue weighted by Crippen LogP contribution is -2.25. The molecule has 0 fully saturated rings. The van der Waals surface area contributed by atoms with Gasteiger partial charge in [0.1, 0.15) is 11.4 Å². The number of allylic oxidation sites excluding steroid dienone is 1. The number of aromatic hydroxyl groups is 1. The summed E-state index contributed by atoms with van der Waals surface area (Å²) in [4.78, 5) is 28.6. The predicted octanol–water partition coefficient (Wildman–Crippen LogP) is 2.98. The van der Waals surface area contributed by atoms with Crippen LogP contribution < -0.4 is 5.56 Å². The Kier molecular flexibility index (Phi) is 3.80. The van der Waals surface area contributed by atoms with Gasteiger partial charge in [0.25, 0.3) is 5.56 Å². The van der Waals surface area contributed by atoms with Crippen molar-refractivity contribution in [3.63, 3.8) is 0 Å². The van der Waals surface area contributed by atoms with E-state index >= 15 is 0 Å². The van der Waals surface area contributed by atoms with Crippen LogP contribution in [0.1, 0.15) is 40.0 Å². The number of rotatable bonds is 2. The molecule has 0 amide bonds. The molecule has 0 saturated heterocycles. The van der Waals surface area contributed by atoms with Crippen LogP contribution >= 0.6 is 0 Å². The number of phenolic OH excluding ortho intramolecular Hbond substituents is 1. The summed E-state index contributed by atoms with van der Waals surface area (Å²) < 4.78 is 1.31. The van der Waals surface area contributed by atoms with Crippen LogP contribution in [0.5, 0.6) is 5.75 Å². The number of carboxylic acids is 1. The van der Waals surface area contributed by atoms with Crippen molar-refractivity contribution in [2.75, 3.05) is 0 Å². The molecule has 2 N–H and O–H groups in total. The first-order chi connectivity index (χ1) is 12.5. The zero-order valence-electron chi connectivity index (χ0n) is 13.8. The highest BCUT2D eigenvalue weighted by Crippen LogP contribution is 2.30. The number of carboxylic acid groups (broad SMARTS) is 1. The highest BCUT2D eigenvalue weighted by atomic mass is 16.4. The van der Waals surface area contributed by atoms with Gasteiger partial charge in [0.2, 0.25) is 0 Å². The minimum absolute atomic E-state index is 0.0528. The first-order valence-electron chi connectivity index (χ1n) is 8.31. The van der Waals surface area contributed by atoms with Gasteiger partial charge in [-0.05, 0) is 60.7 Å². The third-order valence-corrected chi connectivity index (χ3v) is 4.57. The predicted molar refractivity (Wildman–Crippen MR) is 97.3 cm³/mol. The van der Waals surface area contributed by atoms with E-state index in [2.05, 4.69) is 4.98 Å². The molecule has 0 saturated carbocycles. The number of hydrogen-bond donors (Lipinski definition) is 2. The molecule has 0 atom stereocenters. The van der Waals surface area contributed by atoms with E-state index < -0.39 is 5.97 Å². The zero-order chi connectivity index (χ0) is 18.3.